The van der Waals surface area contributed by atoms with Crippen molar-refractivity contribution in [3.63, 3.8) is 0 Å². The van der Waals surface area contributed by atoms with E-state index in [0.717, 1.165) is 11.1 Å². The second kappa shape index (κ2) is 10.1. The summed E-state index contributed by atoms with van der Waals surface area (Å²) in [5.41, 5.74) is 3.25. The van der Waals surface area contributed by atoms with Crippen LogP contribution in [-0.2, 0) is 22.6 Å². The molecule has 2 amide bonds. The van der Waals surface area contributed by atoms with E-state index >= 15 is 0 Å². The summed E-state index contributed by atoms with van der Waals surface area (Å²) in [6.07, 6.45) is 1.01. The molecule has 0 saturated carbocycles. The lowest BCUT2D eigenvalue weighted by atomic mass is 10.1. The molecule has 0 bridgehead atoms. The number of hydrogen-bond acceptors (Lipinski definition) is 2. The van der Waals surface area contributed by atoms with Crippen LogP contribution in [0.5, 0.6) is 0 Å². The minimum absolute atomic E-state index is 0.0377. The van der Waals surface area contributed by atoms with Crippen LogP contribution in [0.2, 0.25) is 5.02 Å². The summed E-state index contributed by atoms with van der Waals surface area (Å²) in [4.78, 5) is 26.9. The van der Waals surface area contributed by atoms with E-state index in [-0.39, 0.29) is 11.8 Å². The fourth-order valence-electron chi connectivity index (χ4n) is 2.84. The van der Waals surface area contributed by atoms with Crippen molar-refractivity contribution in [1.82, 2.24) is 10.2 Å². The van der Waals surface area contributed by atoms with Gasteiger partial charge in [0, 0.05) is 24.5 Å². The van der Waals surface area contributed by atoms with Gasteiger partial charge in [-0.05, 0) is 50.5 Å². The Bertz CT molecular complexity index is 757. The molecule has 0 heterocycles. The number of hydrogen-bond donors (Lipinski definition) is 1. The molecule has 1 atom stereocenters. The SMILES string of the molecule is CCNC(=O)C(C)N(Cc1ccc(Cl)cc1)C(=O)CCc1ccc(C)cc1. The maximum absolute atomic E-state index is 12.9. The van der Waals surface area contributed by atoms with Gasteiger partial charge in [0.25, 0.3) is 0 Å². The Morgan fingerprint density at radius 2 is 1.63 bits per heavy atom. The van der Waals surface area contributed by atoms with Gasteiger partial charge < -0.3 is 10.2 Å². The molecule has 0 fully saturated rings. The number of nitrogens with one attached hydrogen (secondary N) is 1. The zero-order valence-electron chi connectivity index (χ0n) is 16.2. The first-order valence-corrected chi connectivity index (χ1v) is 9.65. The summed E-state index contributed by atoms with van der Waals surface area (Å²) < 4.78 is 0. The molecule has 1 unspecified atom stereocenters. The van der Waals surface area contributed by atoms with Crippen LogP contribution in [0.3, 0.4) is 0 Å². The second-order valence-electron chi connectivity index (χ2n) is 6.70. The number of aryl methyl sites for hydroxylation is 2. The Morgan fingerprint density at radius 3 is 2.22 bits per heavy atom. The average Bonchev–Trinajstić information content (AvgIpc) is 2.66. The summed E-state index contributed by atoms with van der Waals surface area (Å²) in [5, 5.41) is 3.45. The molecule has 4 nitrogen and oxygen atoms in total. The van der Waals surface area contributed by atoms with Gasteiger partial charge in [-0.3, -0.25) is 9.59 Å². The fraction of sp³-hybridized carbons (Fsp3) is 0.364. The zero-order valence-corrected chi connectivity index (χ0v) is 16.9. The molecule has 5 heteroatoms. The predicted octanol–water partition coefficient (Wildman–Crippen LogP) is 4.13. The van der Waals surface area contributed by atoms with Crippen molar-refractivity contribution in [3.05, 3.63) is 70.2 Å². The van der Waals surface area contributed by atoms with Crippen molar-refractivity contribution < 1.29 is 9.59 Å². The smallest absolute Gasteiger partial charge is 0.242 e. The third kappa shape index (κ3) is 6.40. The molecular weight excluding hydrogens is 360 g/mol. The van der Waals surface area contributed by atoms with Gasteiger partial charge in [-0.25, -0.2) is 0 Å². The Balaban J connectivity index is 2.11. The molecule has 1 N–H and O–H groups in total. The van der Waals surface area contributed by atoms with E-state index in [2.05, 4.69) is 5.32 Å². The van der Waals surface area contributed by atoms with E-state index in [4.69, 9.17) is 11.6 Å². The maximum Gasteiger partial charge on any atom is 0.242 e. The molecule has 0 aliphatic carbocycles. The Labute approximate surface area is 166 Å². The van der Waals surface area contributed by atoms with Gasteiger partial charge >= 0.3 is 0 Å². The van der Waals surface area contributed by atoms with Gasteiger partial charge in [0.1, 0.15) is 6.04 Å². The van der Waals surface area contributed by atoms with Crippen LogP contribution in [0.15, 0.2) is 48.5 Å². The van der Waals surface area contributed by atoms with Crippen molar-refractivity contribution in [1.29, 1.82) is 0 Å². The highest BCUT2D eigenvalue weighted by molar-refractivity contribution is 6.30. The molecule has 0 saturated heterocycles. The summed E-state index contributed by atoms with van der Waals surface area (Å²) in [7, 11) is 0. The lowest BCUT2D eigenvalue weighted by molar-refractivity contribution is -0.140. The van der Waals surface area contributed by atoms with Gasteiger partial charge in [0.2, 0.25) is 11.8 Å². The van der Waals surface area contributed by atoms with Gasteiger partial charge in [-0.1, -0.05) is 53.6 Å². The number of nitrogens with zero attached hydrogens (tertiary/aromatic N) is 1. The van der Waals surface area contributed by atoms with Crippen LogP contribution in [-0.4, -0.2) is 29.3 Å². The second-order valence-corrected chi connectivity index (χ2v) is 7.14. The Hall–Kier alpha value is -2.33. The van der Waals surface area contributed by atoms with Crippen LogP contribution in [0, 0.1) is 6.92 Å². The molecule has 144 valence electrons. The number of carbonyl (C=O) groups excluding carboxylic acids is 2. The van der Waals surface area contributed by atoms with E-state index in [1.54, 1.807) is 24.0 Å². The lowest BCUT2D eigenvalue weighted by Crippen LogP contribution is -2.47. The van der Waals surface area contributed by atoms with E-state index in [1.165, 1.54) is 5.56 Å². The average molecular weight is 387 g/mol. The number of carbonyl (C=O) groups is 2. The number of halogens is 1. The largest absolute Gasteiger partial charge is 0.355 e. The monoisotopic (exact) mass is 386 g/mol. The summed E-state index contributed by atoms with van der Waals surface area (Å²) >= 11 is 5.95. The van der Waals surface area contributed by atoms with Crippen LogP contribution < -0.4 is 5.32 Å². The highest BCUT2D eigenvalue weighted by Crippen LogP contribution is 2.15. The standard InChI is InChI=1S/C22H27ClN2O2/c1-4-24-22(27)17(3)25(15-19-9-12-20(23)13-10-19)21(26)14-11-18-7-5-16(2)6-8-18/h5-10,12-13,17H,4,11,14-15H2,1-3H3,(H,24,27). The van der Waals surface area contributed by atoms with Crippen molar-refractivity contribution in [2.45, 2.75) is 46.2 Å². The van der Waals surface area contributed by atoms with Crippen LogP contribution in [0.1, 0.15) is 37.0 Å². The van der Waals surface area contributed by atoms with Gasteiger partial charge in [0.15, 0.2) is 0 Å². The third-order valence-corrected chi connectivity index (χ3v) is 4.78. The number of rotatable bonds is 8. The van der Waals surface area contributed by atoms with Crippen LogP contribution in [0.25, 0.3) is 0 Å². The normalized spacial score (nSPS) is 11.7. The number of benzene rings is 2. The van der Waals surface area contributed by atoms with Crippen molar-refractivity contribution in [2.75, 3.05) is 6.54 Å². The molecule has 0 aliphatic rings. The summed E-state index contributed by atoms with van der Waals surface area (Å²) in [5.74, 6) is -0.181. The molecule has 2 aromatic rings. The van der Waals surface area contributed by atoms with Crippen molar-refractivity contribution >= 4 is 23.4 Å². The molecule has 0 spiro atoms. The van der Waals surface area contributed by atoms with E-state index in [1.807, 2.05) is 50.2 Å². The van der Waals surface area contributed by atoms with Crippen LogP contribution >= 0.6 is 11.6 Å². The quantitative estimate of drug-likeness (QED) is 0.741. The molecular formula is C22H27ClN2O2. The van der Waals surface area contributed by atoms with Gasteiger partial charge in [-0.2, -0.15) is 0 Å². The Morgan fingerprint density at radius 1 is 1.04 bits per heavy atom. The summed E-state index contributed by atoms with van der Waals surface area (Å²) in [6, 6.07) is 15.0. The van der Waals surface area contributed by atoms with Crippen LogP contribution in [0.4, 0.5) is 0 Å². The first-order chi connectivity index (χ1) is 12.9. The highest BCUT2D eigenvalue weighted by Gasteiger charge is 2.25. The molecule has 0 radical (unpaired) electrons. The third-order valence-electron chi connectivity index (χ3n) is 4.53. The highest BCUT2D eigenvalue weighted by atomic mass is 35.5. The number of likely N-dealkylation sites (N-methyl/N-ethyl adjacent to an activating group) is 1. The molecule has 0 aromatic heterocycles. The molecule has 27 heavy (non-hydrogen) atoms. The molecule has 2 rings (SSSR count). The van der Waals surface area contributed by atoms with E-state index in [0.29, 0.717) is 31.0 Å². The van der Waals surface area contributed by atoms with Crippen molar-refractivity contribution in [2.24, 2.45) is 0 Å². The maximum atomic E-state index is 12.9. The van der Waals surface area contributed by atoms with E-state index in [9.17, 15) is 9.59 Å². The lowest BCUT2D eigenvalue weighted by Gasteiger charge is -2.29. The summed E-state index contributed by atoms with van der Waals surface area (Å²) in [6.45, 7) is 6.59. The van der Waals surface area contributed by atoms with Crippen molar-refractivity contribution in [3.8, 4) is 0 Å². The van der Waals surface area contributed by atoms with E-state index < -0.39 is 6.04 Å². The molecule has 2 aromatic carbocycles. The first kappa shape index (κ1) is 21.0. The predicted molar refractivity (Wildman–Crippen MR) is 110 cm³/mol. The minimum Gasteiger partial charge on any atom is -0.355 e. The topological polar surface area (TPSA) is 49.4 Å². The molecule has 0 aliphatic heterocycles. The zero-order chi connectivity index (χ0) is 19.8. The Kier molecular flexibility index (Phi) is 7.86. The number of amides is 2. The van der Waals surface area contributed by atoms with Gasteiger partial charge in [-0.15, -0.1) is 0 Å². The fourth-order valence-corrected chi connectivity index (χ4v) is 2.97. The first-order valence-electron chi connectivity index (χ1n) is 9.28. The van der Waals surface area contributed by atoms with Gasteiger partial charge in [0.05, 0.1) is 0 Å². The minimum atomic E-state index is -0.536.